The number of hydrogen-bond acceptors (Lipinski definition) is 7. The number of pyridine rings is 1. The van der Waals surface area contributed by atoms with Gasteiger partial charge >= 0.3 is 5.97 Å². The van der Waals surface area contributed by atoms with Crippen LogP contribution in [0.3, 0.4) is 0 Å². The second-order valence-electron chi connectivity index (χ2n) is 4.73. The van der Waals surface area contributed by atoms with Crippen LogP contribution in [-0.4, -0.2) is 27.8 Å². The molecular weight excluding hydrogens is 317 g/mol. The van der Waals surface area contributed by atoms with Gasteiger partial charge in [-0.2, -0.15) is 5.26 Å². The van der Waals surface area contributed by atoms with Gasteiger partial charge in [0, 0.05) is 5.56 Å². The van der Waals surface area contributed by atoms with Crippen molar-refractivity contribution in [3.8, 4) is 23.1 Å². The average Bonchev–Trinajstić information content (AvgIpc) is 3.02. The van der Waals surface area contributed by atoms with Crippen LogP contribution in [0.2, 0.25) is 0 Å². The standard InChI is InChI=1S/C16H10FN3O4/c1-2-23-16(22)13-14(21)15-11(10(7-18)19-13)12(20-24-15)8-3-5-9(17)6-4-8/h3-6,21H,2H2,1H3. The van der Waals surface area contributed by atoms with Crippen molar-refractivity contribution in [3.05, 3.63) is 41.5 Å². The molecule has 0 saturated carbocycles. The van der Waals surface area contributed by atoms with Gasteiger partial charge in [-0.1, -0.05) is 5.16 Å². The summed E-state index contributed by atoms with van der Waals surface area (Å²) < 4.78 is 22.9. The number of rotatable bonds is 3. The van der Waals surface area contributed by atoms with E-state index in [1.165, 1.54) is 24.3 Å². The van der Waals surface area contributed by atoms with E-state index in [2.05, 4.69) is 10.1 Å². The van der Waals surface area contributed by atoms with Crippen molar-refractivity contribution in [1.29, 1.82) is 5.26 Å². The molecule has 3 rings (SSSR count). The maximum absolute atomic E-state index is 13.1. The van der Waals surface area contributed by atoms with Gasteiger partial charge in [0.1, 0.15) is 17.6 Å². The zero-order chi connectivity index (χ0) is 17.3. The molecule has 8 heteroatoms. The zero-order valence-electron chi connectivity index (χ0n) is 12.4. The highest BCUT2D eigenvalue weighted by atomic mass is 19.1. The summed E-state index contributed by atoms with van der Waals surface area (Å²) in [6.07, 6.45) is 0. The van der Waals surface area contributed by atoms with Crippen LogP contribution in [0.15, 0.2) is 28.8 Å². The first-order valence-corrected chi connectivity index (χ1v) is 6.92. The number of hydrogen-bond donors (Lipinski definition) is 1. The molecule has 0 aliphatic heterocycles. The molecule has 2 aromatic heterocycles. The first-order chi connectivity index (χ1) is 11.6. The molecule has 0 amide bonds. The predicted molar refractivity (Wildman–Crippen MR) is 79.5 cm³/mol. The third kappa shape index (κ3) is 2.42. The van der Waals surface area contributed by atoms with Crippen molar-refractivity contribution >= 4 is 16.9 Å². The Hall–Kier alpha value is -3.47. The Bertz CT molecular complexity index is 974. The van der Waals surface area contributed by atoms with Gasteiger partial charge in [0.15, 0.2) is 17.1 Å². The molecule has 0 aliphatic rings. The molecule has 0 aliphatic carbocycles. The molecule has 0 saturated heterocycles. The van der Waals surface area contributed by atoms with Crippen molar-refractivity contribution in [2.24, 2.45) is 0 Å². The maximum atomic E-state index is 13.1. The summed E-state index contributed by atoms with van der Waals surface area (Å²) in [4.78, 5) is 15.7. The summed E-state index contributed by atoms with van der Waals surface area (Å²) in [5.41, 5.74) is -0.0745. The van der Waals surface area contributed by atoms with Crippen molar-refractivity contribution < 1.29 is 23.6 Å². The molecule has 0 spiro atoms. The number of nitriles is 1. The molecule has 120 valence electrons. The molecule has 3 aromatic rings. The Labute approximate surface area is 134 Å². The Morgan fingerprint density at radius 3 is 2.75 bits per heavy atom. The molecule has 24 heavy (non-hydrogen) atoms. The summed E-state index contributed by atoms with van der Waals surface area (Å²) in [6.45, 7) is 1.68. The topological polar surface area (TPSA) is 109 Å². The average molecular weight is 327 g/mol. The van der Waals surface area contributed by atoms with Crippen molar-refractivity contribution in [1.82, 2.24) is 10.1 Å². The quantitative estimate of drug-likeness (QED) is 0.736. The first kappa shape index (κ1) is 15.4. The van der Waals surface area contributed by atoms with E-state index in [1.54, 1.807) is 6.92 Å². The highest BCUT2D eigenvalue weighted by molar-refractivity contribution is 6.03. The van der Waals surface area contributed by atoms with Gasteiger partial charge < -0.3 is 14.4 Å². The van der Waals surface area contributed by atoms with Crippen LogP contribution in [0.1, 0.15) is 23.1 Å². The minimum Gasteiger partial charge on any atom is -0.502 e. The van der Waals surface area contributed by atoms with Crippen LogP contribution in [0.4, 0.5) is 4.39 Å². The number of carbonyl (C=O) groups excluding carboxylic acids is 1. The van der Waals surface area contributed by atoms with Gasteiger partial charge in [-0.3, -0.25) is 0 Å². The number of aromatic nitrogens is 2. The van der Waals surface area contributed by atoms with Crippen LogP contribution >= 0.6 is 0 Å². The van der Waals surface area contributed by atoms with Crippen LogP contribution in [-0.2, 0) is 4.74 Å². The number of carbonyl (C=O) groups is 1. The largest absolute Gasteiger partial charge is 0.502 e. The number of fused-ring (bicyclic) bond motifs is 1. The molecule has 0 unspecified atom stereocenters. The summed E-state index contributed by atoms with van der Waals surface area (Å²) in [5, 5.41) is 23.5. The van der Waals surface area contributed by atoms with Crippen LogP contribution in [0.25, 0.3) is 22.2 Å². The second-order valence-corrected chi connectivity index (χ2v) is 4.73. The molecule has 1 aromatic carbocycles. The van der Waals surface area contributed by atoms with Crippen molar-refractivity contribution in [2.75, 3.05) is 6.61 Å². The molecular formula is C16H10FN3O4. The third-order valence-corrected chi connectivity index (χ3v) is 3.28. The Kier molecular flexibility index (Phi) is 3.83. The van der Waals surface area contributed by atoms with Crippen LogP contribution in [0.5, 0.6) is 5.75 Å². The monoisotopic (exact) mass is 327 g/mol. The van der Waals surface area contributed by atoms with Gasteiger partial charge in [-0.05, 0) is 31.2 Å². The minimum atomic E-state index is -0.881. The van der Waals surface area contributed by atoms with Crippen molar-refractivity contribution in [3.63, 3.8) is 0 Å². The number of ether oxygens (including phenoxy) is 1. The lowest BCUT2D eigenvalue weighted by molar-refractivity contribution is 0.0516. The number of benzene rings is 1. The van der Waals surface area contributed by atoms with E-state index in [4.69, 9.17) is 9.26 Å². The van der Waals surface area contributed by atoms with E-state index in [0.717, 1.165) is 0 Å². The molecule has 2 heterocycles. The fourth-order valence-electron chi connectivity index (χ4n) is 2.23. The lowest BCUT2D eigenvalue weighted by Crippen LogP contribution is -2.08. The zero-order valence-corrected chi connectivity index (χ0v) is 12.4. The molecule has 0 atom stereocenters. The van der Waals surface area contributed by atoms with Gasteiger partial charge in [0.05, 0.1) is 12.0 Å². The molecule has 1 N–H and O–H groups in total. The highest BCUT2D eigenvalue weighted by Gasteiger charge is 2.26. The van der Waals surface area contributed by atoms with E-state index < -0.39 is 23.2 Å². The van der Waals surface area contributed by atoms with Gasteiger partial charge in [0.2, 0.25) is 5.58 Å². The fourth-order valence-corrected chi connectivity index (χ4v) is 2.23. The minimum absolute atomic E-state index is 0.0805. The van der Waals surface area contributed by atoms with E-state index in [1.807, 2.05) is 6.07 Å². The Morgan fingerprint density at radius 2 is 2.12 bits per heavy atom. The Morgan fingerprint density at radius 1 is 1.42 bits per heavy atom. The molecule has 0 fully saturated rings. The second kappa shape index (κ2) is 5.96. The van der Waals surface area contributed by atoms with Gasteiger partial charge in [-0.25, -0.2) is 14.2 Å². The van der Waals surface area contributed by atoms with Gasteiger partial charge in [0.25, 0.3) is 0 Å². The molecule has 7 nitrogen and oxygen atoms in total. The normalized spacial score (nSPS) is 10.5. The van der Waals surface area contributed by atoms with Crippen LogP contribution < -0.4 is 0 Å². The van der Waals surface area contributed by atoms with Crippen LogP contribution in [0, 0.1) is 17.1 Å². The summed E-state index contributed by atoms with van der Waals surface area (Å²) in [6, 6.07) is 7.18. The van der Waals surface area contributed by atoms with E-state index in [9.17, 15) is 19.6 Å². The predicted octanol–water partition coefficient (Wildman–Crippen LogP) is 2.78. The third-order valence-electron chi connectivity index (χ3n) is 3.28. The number of aromatic hydroxyl groups is 1. The first-order valence-electron chi connectivity index (χ1n) is 6.92. The lowest BCUT2D eigenvalue weighted by Gasteiger charge is -2.05. The Balaban J connectivity index is 2.26. The molecule has 0 radical (unpaired) electrons. The number of esters is 1. The lowest BCUT2D eigenvalue weighted by atomic mass is 10.1. The fraction of sp³-hybridized carbons (Fsp3) is 0.125. The van der Waals surface area contributed by atoms with E-state index >= 15 is 0 Å². The maximum Gasteiger partial charge on any atom is 0.361 e. The SMILES string of the molecule is CCOC(=O)c1nc(C#N)c2c(-c3ccc(F)cc3)noc2c1O. The summed E-state index contributed by atoms with van der Waals surface area (Å²) >= 11 is 0. The number of halogens is 1. The summed E-state index contributed by atoms with van der Waals surface area (Å²) in [5.74, 6) is -1.88. The number of nitrogens with zero attached hydrogens (tertiary/aromatic N) is 3. The smallest absolute Gasteiger partial charge is 0.361 e. The van der Waals surface area contributed by atoms with E-state index in [0.29, 0.717) is 5.56 Å². The summed E-state index contributed by atoms with van der Waals surface area (Å²) in [7, 11) is 0. The van der Waals surface area contributed by atoms with Crippen molar-refractivity contribution in [2.45, 2.75) is 6.92 Å². The van der Waals surface area contributed by atoms with Gasteiger partial charge in [-0.15, -0.1) is 0 Å². The highest BCUT2D eigenvalue weighted by Crippen LogP contribution is 2.36. The van der Waals surface area contributed by atoms with E-state index in [-0.39, 0.29) is 29.0 Å². The molecule has 0 bridgehead atoms.